The summed E-state index contributed by atoms with van der Waals surface area (Å²) in [6.07, 6.45) is 2.78. The zero-order chi connectivity index (χ0) is 21.0. The van der Waals surface area contributed by atoms with Crippen molar-refractivity contribution in [2.45, 2.75) is 45.8 Å². The fraction of sp³-hybridized carbons (Fsp3) is 0.318. The number of thiophene rings is 1. The first-order chi connectivity index (χ1) is 13.9. The first-order valence-corrected chi connectivity index (χ1v) is 11.4. The summed E-state index contributed by atoms with van der Waals surface area (Å²) in [4.78, 5) is 13.8. The monoisotopic (exact) mass is 426 g/mol. The fourth-order valence-electron chi connectivity index (χ4n) is 3.37. The lowest BCUT2D eigenvalue weighted by Gasteiger charge is -2.09. The standard InChI is InChI=1S/C22H26N4OS2/c1-6-8-26-21(19-12-28-16(5)18(19)7-2)24-25-22(26)29-13-20(27)23-17-10-14(3)9-15(4)11-17/h6,9-12H,1,7-8,13H2,2-5H3,(H,23,27). The van der Waals surface area contributed by atoms with E-state index in [0.29, 0.717) is 6.54 Å². The van der Waals surface area contributed by atoms with Crippen LogP contribution < -0.4 is 5.32 Å². The number of hydrogen-bond acceptors (Lipinski definition) is 5. The van der Waals surface area contributed by atoms with Gasteiger partial charge in [0.2, 0.25) is 5.91 Å². The Hall–Kier alpha value is -2.38. The summed E-state index contributed by atoms with van der Waals surface area (Å²) in [5.41, 5.74) is 5.50. The smallest absolute Gasteiger partial charge is 0.234 e. The van der Waals surface area contributed by atoms with Crippen molar-refractivity contribution in [2.24, 2.45) is 0 Å². The van der Waals surface area contributed by atoms with E-state index in [2.05, 4.69) is 47.4 Å². The SMILES string of the molecule is C=CCn1c(SCC(=O)Nc2cc(C)cc(C)c2)nnc1-c1csc(C)c1CC. The maximum absolute atomic E-state index is 12.5. The molecule has 1 aromatic carbocycles. The molecule has 0 bridgehead atoms. The van der Waals surface area contributed by atoms with Crippen LogP contribution in [0.25, 0.3) is 11.4 Å². The van der Waals surface area contributed by atoms with E-state index in [1.54, 1.807) is 11.3 Å². The number of carbonyl (C=O) groups is 1. The molecule has 0 saturated heterocycles. The molecule has 0 unspecified atom stereocenters. The number of aromatic nitrogens is 3. The highest BCUT2D eigenvalue weighted by molar-refractivity contribution is 7.99. The van der Waals surface area contributed by atoms with Gasteiger partial charge in [-0.25, -0.2) is 0 Å². The molecule has 0 radical (unpaired) electrons. The average molecular weight is 427 g/mol. The Kier molecular flexibility index (Phi) is 6.92. The van der Waals surface area contributed by atoms with Gasteiger partial charge < -0.3 is 5.32 Å². The maximum atomic E-state index is 12.5. The number of aryl methyl sites for hydroxylation is 3. The molecule has 3 aromatic rings. The third-order valence-electron chi connectivity index (χ3n) is 4.56. The van der Waals surface area contributed by atoms with Crippen LogP contribution in [0.3, 0.4) is 0 Å². The quantitative estimate of drug-likeness (QED) is 0.386. The van der Waals surface area contributed by atoms with E-state index >= 15 is 0 Å². The van der Waals surface area contributed by atoms with Crippen LogP contribution in [0.15, 0.2) is 41.4 Å². The average Bonchev–Trinajstić information content (AvgIpc) is 3.22. The number of thioether (sulfide) groups is 1. The minimum absolute atomic E-state index is 0.0599. The number of nitrogens with zero attached hydrogens (tertiary/aromatic N) is 3. The van der Waals surface area contributed by atoms with Crippen LogP contribution in [-0.2, 0) is 17.8 Å². The second-order valence-corrected chi connectivity index (χ2v) is 8.98. The molecule has 0 aliphatic carbocycles. The molecule has 2 heterocycles. The number of amides is 1. The van der Waals surface area contributed by atoms with Crippen molar-refractivity contribution in [3.05, 3.63) is 57.8 Å². The molecule has 29 heavy (non-hydrogen) atoms. The Morgan fingerprint density at radius 2 is 1.97 bits per heavy atom. The molecule has 1 amide bonds. The lowest BCUT2D eigenvalue weighted by molar-refractivity contribution is -0.113. The number of anilines is 1. The number of benzene rings is 1. The molecular weight excluding hydrogens is 400 g/mol. The van der Waals surface area contributed by atoms with Gasteiger partial charge in [0.05, 0.1) is 5.75 Å². The van der Waals surface area contributed by atoms with Crippen molar-refractivity contribution in [3.63, 3.8) is 0 Å². The predicted molar refractivity (Wildman–Crippen MR) is 123 cm³/mol. The van der Waals surface area contributed by atoms with Crippen LogP contribution in [0.2, 0.25) is 0 Å². The molecule has 0 aliphatic heterocycles. The Morgan fingerprint density at radius 1 is 1.24 bits per heavy atom. The van der Waals surface area contributed by atoms with Crippen molar-refractivity contribution < 1.29 is 4.79 Å². The number of hydrogen-bond donors (Lipinski definition) is 1. The molecule has 0 spiro atoms. The number of carbonyl (C=O) groups excluding carboxylic acids is 1. The number of allylic oxidation sites excluding steroid dienone is 1. The highest BCUT2D eigenvalue weighted by Gasteiger charge is 2.19. The van der Waals surface area contributed by atoms with Crippen molar-refractivity contribution in [1.82, 2.24) is 14.8 Å². The van der Waals surface area contributed by atoms with Crippen LogP contribution >= 0.6 is 23.1 Å². The predicted octanol–water partition coefficient (Wildman–Crippen LogP) is 5.41. The number of rotatable bonds is 8. The van der Waals surface area contributed by atoms with Crippen LogP contribution in [0.5, 0.6) is 0 Å². The van der Waals surface area contributed by atoms with Crippen molar-refractivity contribution >= 4 is 34.7 Å². The Bertz CT molecular complexity index is 1020. The third-order valence-corrected chi connectivity index (χ3v) is 6.48. The van der Waals surface area contributed by atoms with Gasteiger partial charge in [-0.05, 0) is 56.0 Å². The zero-order valence-corrected chi connectivity index (χ0v) is 18.9. The lowest BCUT2D eigenvalue weighted by atomic mass is 10.1. The summed E-state index contributed by atoms with van der Waals surface area (Å²) in [7, 11) is 0. The molecular formula is C22H26N4OS2. The van der Waals surface area contributed by atoms with Crippen molar-refractivity contribution in [3.8, 4) is 11.4 Å². The third kappa shape index (κ3) is 4.97. The summed E-state index contributed by atoms with van der Waals surface area (Å²) in [5, 5.41) is 14.6. The number of nitrogens with one attached hydrogen (secondary N) is 1. The lowest BCUT2D eigenvalue weighted by Crippen LogP contribution is -2.15. The van der Waals surface area contributed by atoms with Gasteiger partial charge in [-0.15, -0.1) is 28.1 Å². The van der Waals surface area contributed by atoms with Gasteiger partial charge in [-0.2, -0.15) is 0 Å². The summed E-state index contributed by atoms with van der Waals surface area (Å²) in [5.74, 6) is 1.05. The minimum atomic E-state index is -0.0599. The van der Waals surface area contributed by atoms with E-state index in [0.717, 1.165) is 39.8 Å². The summed E-state index contributed by atoms with van der Waals surface area (Å²) < 4.78 is 2.03. The van der Waals surface area contributed by atoms with E-state index in [1.807, 2.05) is 36.6 Å². The van der Waals surface area contributed by atoms with E-state index in [9.17, 15) is 4.79 Å². The summed E-state index contributed by atoms with van der Waals surface area (Å²) >= 11 is 3.12. The van der Waals surface area contributed by atoms with Gasteiger partial charge in [-0.3, -0.25) is 9.36 Å². The molecule has 0 aliphatic rings. The molecule has 2 aromatic heterocycles. The van der Waals surface area contributed by atoms with E-state index < -0.39 is 0 Å². The molecule has 5 nitrogen and oxygen atoms in total. The van der Waals surface area contributed by atoms with Gasteiger partial charge in [-0.1, -0.05) is 30.8 Å². The Morgan fingerprint density at radius 3 is 2.62 bits per heavy atom. The minimum Gasteiger partial charge on any atom is -0.325 e. The highest BCUT2D eigenvalue weighted by Crippen LogP contribution is 2.32. The van der Waals surface area contributed by atoms with Gasteiger partial charge in [0, 0.05) is 28.1 Å². The molecule has 7 heteroatoms. The topological polar surface area (TPSA) is 59.8 Å². The van der Waals surface area contributed by atoms with Crippen molar-refractivity contribution in [2.75, 3.05) is 11.1 Å². The molecule has 0 atom stereocenters. The van der Waals surface area contributed by atoms with Gasteiger partial charge in [0.15, 0.2) is 11.0 Å². The molecule has 0 saturated carbocycles. The van der Waals surface area contributed by atoms with Crippen LogP contribution in [0.4, 0.5) is 5.69 Å². The zero-order valence-electron chi connectivity index (χ0n) is 17.3. The van der Waals surface area contributed by atoms with E-state index in [4.69, 9.17) is 0 Å². The van der Waals surface area contributed by atoms with Crippen LogP contribution in [0, 0.1) is 20.8 Å². The second-order valence-electron chi connectivity index (χ2n) is 6.96. The normalized spacial score (nSPS) is 10.9. The highest BCUT2D eigenvalue weighted by atomic mass is 32.2. The molecule has 1 N–H and O–H groups in total. The largest absolute Gasteiger partial charge is 0.325 e. The van der Waals surface area contributed by atoms with E-state index in [1.165, 1.54) is 22.2 Å². The van der Waals surface area contributed by atoms with Crippen LogP contribution in [0.1, 0.15) is 28.5 Å². The maximum Gasteiger partial charge on any atom is 0.234 e. The molecule has 0 fully saturated rings. The first kappa shape index (κ1) is 21.3. The Balaban J connectivity index is 1.76. The Labute approximate surface area is 180 Å². The van der Waals surface area contributed by atoms with Crippen molar-refractivity contribution in [1.29, 1.82) is 0 Å². The van der Waals surface area contributed by atoms with Gasteiger partial charge >= 0.3 is 0 Å². The fourth-order valence-corrected chi connectivity index (χ4v) is 5.06. The second kappa shape index (κ2) is 9.41. The summed E-state index contributed by atoms with van der Waals surface area (Å²) in [6.45, 7) is 12.8. The van der Waals surface area contributed by atoms with Gasteiger partial charge in [0.1, 0.15) is 0 Å². The molecule has 3 rings (SSSR count). The van der Waals surface area contributed by atoms with Crippen LogP contribution in [-0.4, -0.2) is 26.4 Å². The van der Waals surface area contributed by atoms with Gasteiger partial charge in [0.25, 0.3) is 0 Å². The van der Waals surface area contributed by atoms with E-state index in [-0.39, 0.29) is 11.7 Å². The first-order valence-electron chi connectivity index (χ1n) is 9.55. The molecule has 152 valence electrons. The summed E-state index contributed by atoms with van der Waals surface area (Å²) in [6, 6.07) is 6.03.